The molecule has 0 saturated carbocycles. The van der Waals surface area contributed by atoms with Crippen LogP contribution in [0.15, 0.2) is 54.6 Å². The van der Waals surface area contributed by atoms with Gasteiger partial charge in [-0.25, -0.2) is 0 Å². The molecule has 0 radical (unpaired) electrons. The van der Waals surface area contributed by atoms with Gasteiger partial charge in [-0.05, 0) is 35.6 Å². The van der Waals surface area contributed by atoms with Crippen molar-refractivity contribution in [3.63, 3.8) is 0 Å². The maximum absolute atomic E-state index is 10.9. The van der Waals surface area contributed by atoms with Gasteiger partial charge in [0.2, 0.25) is 0 Å². The van der Waals surface area contributed by atoms with E-state index in [0.29, 0.717) is 5.56 Å². The van der Waals surface area contributed by atoms with Crippen LogP contribution in [0.1, 0.15) is 17.5 Å². The van der Waals surface area contributed by atoms with Gasteiger partial charge in [0.15, 0.2) is 0 Å². The number of allylic oxidation sites excluding steroid dienone is 1. The molecule has 0 aliphatic heterocycles. The van der Waals surface area contributed by atoms with Gasteiger partial charge >= 0.3 is 206 Å². The van der Waals surface area contributed by atoms with Gasteiger partial charge in [0.05, 0.1) is 0 Å². The smallest absolute Gasteiger partial charge is 0.810 e. The summed E-state index contributed by atoms with van der Waals surface area (Å²) < 4.78 is 21.8. The van der Waals surface area contributed by atoms with Crippen LogP contribution >= 0.6 is 15.2 Å². The maximum atomic E-state index is 10.9. The van der Waals surface area contributed by atoms with Gasteiger partial charge in [-0.3, -0.25) is 0 Å². The summed E-state index contributed by atoms with van der Waals surface area (Å²) in [6.45, 7) is 2.00. The Kier molecular flexibility index (Phi) is 24.3. The average molecular weight is 535 g/mol. The van der Waals surface area contributed by atoms with Crippen molar-refractivity contribution in [2.45, 2.75) is 18.7 Å². The third-order valence-electron chi connectivity index (χ3n) is 3.75. The van der Waals surface area contributed by atoms with E-state index in [2.05, 4.69) is 0 Å². The second-order valence-corrected chi connectivity index (χ2v) is 9.45. The fourth-order valence-electron chi connectivity index (χ4n) is 2.43. The molecule has 134 valence electrons. The maximum Gasteiger partial charge on any atom is 1.00 e. The second kappa shape index (κ2) is 18.3. The molecule has 2 aromatic rings. The summed E-state index contributed by atoms with van der Waals surface area (Å²) in [5.74, 6) is 0. The Balaban J connectivity index is -0.00000169. The largest absolute Gasteiger partial charge is 1.00 e. The Morgan fingerprint density at radius 1 is 0.828 bits per heavy atom. The molecule has 0 bridgehead atoms. The fourth-order valence-corrected chi connectivity index (χ4v) is 4.57. The van der Waals surface area contributed by atoms with Gasteiger partial charge < -0.3 is 28.7 Å². The van der Waals surface area contributed by atoms with Crippen LogP contribution in [0.2, 0.25) is 0 Å². The van der Waals surface area contributed by atoms with Crippen LogP contribution in [-0.4, -0.2) is 5.40 Å². The monoisotopic (exact) mass is 534 g/mol. The van der Waals surface area contributed by atoms with E-state index in [1.165, 1.54) is 12.2 Å². The Morgan fingerprint density at radius 3 is 1.76 bits per heavy atom. The van der Waals surface area contributed by atoms with E-state index in [4.69, 9.17) is 0 Å². The number of aryl methyl sites for hydroxylation is 1. The minimum Gasteiger partial charge on any atom is -0.810 e. The number of hydrogen-bond acceptors (Lipinski definition) is 6. The number of hydrogen-bond donors (Lipinski definition) is 0. The fraction of sp³-hybridized carbons (Fsp3) is 0.176. The van der Waals surface area contributed by atoms with Crippen LogP contribution in [0.25, 0.3) is 17.2 Å². The van der Waals surface area contributed by atoms with Crippen LogP contribution in [0.4, 0.5) is 0 Å². The van der Waals surface area contributed by atoms with Crippen LogP contribution in [-0.2, 0) is 9.13 Å². The summed E-state index contributed by atoms with van der Waals surface area (Å²) in [6, 6.07) is 15.2. The molecule has 6 nitrogen and oxygen atoms in total. The van der Waals surface area contributed by atoms with Gasteiger partial charge in [-0.2, -0.15) is 0 Å². The van der Waals surface area contributed by atoms with Gasteiger partial charge in [-0.15, -0.1) is 0 Å². The minimum atomic E-state index is -5.51. The number of rotatable bonds is 6. The topological polar surface area (TPSA) is 126 Å². The van der Waals surface area contributed by atoms with Gasteiger partial charge in [0, 0.05) is 5.40 Å². The molecule has 0 aliphatic rings. The van der Waals surface area contributed by atoms with Crippen molar-refractivity contribution in [1.29, 1.82) is 0 Å². The summed E-state index contributed by atoms with van der Waals surface area (Å²) in [5, 5.41) is -2.46. The SMILES string of the molecule is Cc1ccccc1-c1ccc(/C=C/CC(P(=O)([O-])[O-])P(=O)([O-])[O-])cc1.[K+].[K+].[K+].[K+]. The first-order chi connectivity index (χ1) is 11.6. The van der Waals surface area contributed by atoms with Crippen molar-refractivity contribution in [2.75, 3.05) is 0 Å². The van der Waals surface area contributed by atoms with Crippen molar-refractivity contribution < 1.29 is 234 Å². The molecule has 29 heavy (non-hydrogen) atoms. The molecule has 0 fully saturated rings. The average Bonchev–Trinajstić information content (AvgIpc) is 2.50. The van der Waals surface area contributed by atoms with E-state index in [9.17, 15) is 28.7 Å². The first-order valence-electron chi connectivity index (χ1n) is 7.45. The van der Waals surface area contributed by atoms with Crippen molar-refractivity contribution in [2.24, 2.45) is 0 Å². The Labute approximate surface area is 341 Å². The zero-order valence-corrected chi connectivity index (χ0v) is 31.7. The summed E-state index contributed by atoms with van der Waals surface area (Å²) in [6.07, 6.45) is 2.02. The third-order valence-corrected chi connectivity index (χ3v) is 7.33. The zero-order chi connectivity index (χ0) is 18.7. The van der Waals surface area contributed by atoms with E-state index in [0.717, 1.165) is 16.7 Å². The molecule has 0 amide bonds. The molecule has 0 heterocycles. The molecule has 2 aromatic carbocycles. The molecule has 0 spiro atoms. The van der Waals surface area contributed by atoms with E-state index in [-0.39, 0.29) is 206 Å². The zero-order valence-electron chi connectivity index (χ0n) is 17.4. The molecule has 0 unspecified atom stereocenters. The molecule has 0 atom stereocenters. The Bertz CT molecular complexity index is 842. The van der Waals surface area contributed by atoms with Crippen molar-refractivity contribution in [1.82, 2.24) is 0 Å². The molecule has 0 N–H and O–H groups in total. The first-order valence-corrected chi connectivity index (χ1v) is 10.7. The van der Waals surface area contributed by atoms with Crippen LogP contribution < -0.4 is 225 Å². The quantitative estimate of drug-likeness (QED) is 0.268. The molecule has 0 aromatic heterocycles. The third kappa shape index (κ3) is 13.8. The Hall–Kier alpha value is 5.03. The van der Waals surface area contributed by atoms with Crippen molar-refractivity contribution in [3.8, 4) is 11.1 Å². The van der Waals surface area contributed by atoms with E-state index >= 15 is 0 Å². The predicted octanol–water partition coefficient (Wildman–Crippen LogP) is -10.8. The van der Waals surface area contributed by atoms with Crippen molar-refractivity contribution in [3.05, 3.63) is 65.7 Å². The Morgan fingerprint density at radius 2 is 1.31 bits per heavy atom. The molecule has 2 rings (SSSR count). The standard InChI is InChI=1S/C17H20O6P2.4K/c1-13-5-2-3-7-16(13)15-11-9-14(10-12-15)6-4-8-17(24(18,19)20)25(21,22)23;;;;/h2-7,9-12,17H,8H2,1H3,(H2,18,19,20)(H2,21,22,23);;;;/q;4*+1/p-4/b6-4+;;;;. The molecule has 12 heteroatoms. The van der Waals surface area contributed by atoms with Crippen LogP contribution in [0, 0.1) is 6.92 Å². The molecular formula is C17H16K4O6P2. The van der Waals surface area contributed by atoms with Gasteiger partial charge in [-0.1, -0.05) is 75.9 Å². The summed E-state index contributed by atoms with van der Waals surface area (Å²) in [5.41, 5.74) is 3.89. The van der Waals surface area contributed by atoms with E-state index in [1.54, 1.807) is 12.1 Å². The van der Waals surface area contributed by atoms with E-state index < -0.39 is 27.0 Å². The number of benzene rings is 2. The minimum absolute atomic E-state index is 0. The molecular weight excluding hydrogens is 519 g/mol. The predicted molar refractivity (Wildman–Crippen MR) is 89.3 cm³/mol. The van der Waals surface area contributed by atoms with Gasteiger partial charge in [0.25, 0.3) is 0 Å². The van der Waals surface area contributed by atoms with Gasteiger partial charge in [0.1, 0.15) is 0 Å². The first kappa shape index (κ1) is 38.6. The molecule has 0 saturated heterocycles. The normalized spacial score (nSPS) is 11.1. The molecule has 0 aliphatic carbocycles. The summed E-state index contributed by atoms with van der Waals surface area (Å²) in [4.78, 5) is 43.7. The van der Waals surface area contributed by atoms with Crippen LogP contribution in [0.3, 0.4) is 0 Å². The summed E-state index contributed by atoms with van der Waals surface area (Å²) in [7, 11) is -11.0. The second-order valence-electron chi connectivity index (χ2n) is 5.64. The summed E-state index contributed by atoms with van der Waals surface area (Å²) >= 11 is 0. The van der Waals surface area contributed by atoms with Crippen LogP contribution in [0.5, 0.6) is 0 Å². The van der Waals surface area contributed by atoms with E-state index in [1.807, 2.05) is 43.3 Å². The van der Waals surface area contributed by atoms with Crippen molar-refractivity contribution >= 4 is 21.3 Å².